The summed E-state index contributed by atoms with van der Waals surface area (Å²) in [5.74, 6) is 2.20. The maximum Gasteiger partial charge on any atom is 0.262 e. The molecule has 148 valence electrons. The number of hydrogen-bond acceptors (Lipinski definition) is 7. The summed E-state index contributed by atoms with van der Waals surface area (Å²) in [6.07, 6.45) is 1.25. The van der Waals surface area contributed by atoms with Crippen molar-refractivity contribution in [2.75, 3.05) is 36.5 Å². The predicted octanol–water partition coefficient (Wildman–Crippen LogP) is 2.41. The smallest absolute Gasteiger partial charge is 0.262 e. The second-order valence-corrected chi connectivity index (χ2v) is 7.66. The SMILES string of the molecule is CC(=O)c1cccc(NC(=O)COc2coc(CN3CCSCC3)cc2=O)c1. The van der Waals surface area contributed by atoms with Gasteiger partial charge in [-0.3, -0.25) is 19.3 Å². The molecule has 2 aromatic rings. The van der Waals surface area contributed by atoms with Crippen LogP contribution >= 0.6 is 11.8 Å². The van der Waals surface area contributed by atoms with E-state index in [1.54, 1.807) is 24.3 Å². The van der Waals surface area contributed by atoms with Crippen molar-refractivity contribution in [3.8, 4) is 5.75 Å². The molecule has 8 heteroatoms. The molecule has 0 bridgehead atoms. The summed E-state index contributed by atoms with van der Waals surface area (Å²) in [6, 6.07) is 8.02. The van der Waals surface area contributed by atoms with Crippen molar-refractivity contribution < 1.29 is 18.7 Å². The quantitative estimate of drug-likeness (QED) is 0.712. The first-order chi connectivity index (χ1) is 13.5. The van der Waals surface area contributed by atoms with E-state index < -0.39 is 5.91 Å². The molecule has 0 radical (unpaired) electrons. The Labute approximate surface area is 167 Å². The molecule has 0 aliphatic carbocycles. The van der Waals surface area contributed by atoms with E-state index in [4.69, 9.17) is 9.15 Å². The van der Waals surface area contributed by atoms with Gasteiger partial charge in [0.2, 0.25) is 11.2 Å². The first-order valence-electron chi connectivity index (χ1n) is 8.97. The Morgan fingerprint density at radius 1 is 1.25 bits per heavy atom. The van der Waals surface area contributed by atoms with E-state index in [1.807, 2.05) is 11.8 Å². The molecule has 1 fully saturated rings. The van der Waals surface area contributed by atoms with Crippen LogP contribution in [0.3, 0.4) is 0 Å². The number of nitrogens with zero attached hydrogens (tertiary/aromatic N) is 1. The second kappa shape index (κ2) is 9.57. The number of benzene rings is 1. The lowest BCUT2D eigenvalue weighted by atomic mass is 10.1. The van der Waals surface area contributed by atoms with Crippen molar-refractivity contribution in [1.29, 1.82) is 0 Å². The average molecular weight is 402 g/mol. The molecule has 1 aromatic carbocycles. The highest BCUT2D eigenvalue weighted by atomic mass is 32.2. The zero-order valence-corrected chi connectivity index (χ0v) is 16.4. The molecule has 1 N–H and O–H groups in total. The zero-order chi connectivity index (χ0) is 19.9. The summed E-state index contributed by atoms with van der Waals surface area (Å²) in [5, 5.41) is 2.64. The molecule has 3 rings (SSSR count). The van der Waals surface area contributed by atoms with Gasteiger partial charge in [-0.25, -0.2) is 0 Å². The topological polar surface area (TPSA) is 88.8 Å². The lowest BCUT2D eigenvalue weighted by Crippen LogP contribution is -2.32. The Kier molecular flexibility index (Phi) is 6.89. The highest BCUT2D eigenvalue weighted by molar-refractivity contribution is 7.99. The van der Waals surface area contributed by atoms with Gasteiger partial charge in [-0.1, -0.05) is 12.1 Å². The van der Waals surface area contributed by atoms with Crippen LogP contribution in [0.15, 0.2) is 45.8 Å². The summed E-state index contributed by atoms with van der Waals surface area (Å²) in [6.45, 7) is 3.65. The van der Waals surface area contributed by atoms with Gasteiger partial charge in [0.05, 0.1) is 6.54 Å². The van der Waals surface area contributed by atoms with E-state index in [0.29, 0.717) is 23.6 Å². The Morgan fingerprint density at radius 2 is 2.04 bits per heavy atom. The normalized spacial score (nSPS) is 14.5. The van der Waals surface area contributed by atoms with E-state index in [1.165, 1.54) is 19.3 Å². The first-order valence-corrected chi connectivity index (χ1v) is 10.1. The molecule has 2 heterocycles. The van der Waals surface area contributed by atoms with Gasteiger partial charge in [0.15, 0.2) is 12.4 Å². The van der Waals surface area contributed by atoms with Crippen LogP contribution in [-0.4, -0.2) is 47.8 Å². The van der Waals surface area contributed by atoms with Gasteiger partial charge >= 0.3 is 0 Å². The highest BCUT2D eigenvalue weighted by Crippen LogP contribution is 2.14. The fourth-order valence-corrected chi connectivity index (χ4v) is 3.74. The standard InChI is InChI=1S/C20H22N2O5S/c1-14(23)15-3-2-4-16(9-15)21-20(25)13-27-19-12-26-17(10-18(19)24)11-22-5-7-28-8-6-22/h2-4,9-10,12H,5-8,11,13H2,1H3,(H,21,25). The minimum Gasteiger partial charge on any atom is -0.477 e. The van der Waals surface area contributed by atoms with E-state index >= 15 is 0 Å². The van der Waals surface area contributed by atoms with Gasteiger partial charge in [0.25, 0.3) is 5.91 Å². The predicted molar refractivity (Wildman–Crippen MR) is 108 cm³/mol. The maximum absolute atomic E-state index is 12.2. The van der Waals surface area contributed by atoms with Gasteiger partial charge in [-0.2, -0.15) is 11.8 Å². The van der Waals surface area contributed by atoms with E-state index in [0.717, 1.165) is 24.6 Å². The number of Topliss-reactive ketones (excluding diaryl/α,β-unsaturated/α-hetero) is 1. The molecule has 1 saturated heterocycles. The molecule has 0 atom stereocenters. The van der Waals surface area contributed by atoms with Gasteiger partial charge in [0, 0.05) is 41.9 Å². The summed E-state index contributed by atoms with van der Waals surface area (Å²) < 4.78 is 10.8. The molecule has 0 spiro atoms. The van der Waals surface area contributed by atoms with Crippen LogP contribution in [0.2, 0.25) is 0 Å². The molecule has 0 unspecified atom stereocenters. The number of rotatable bonds is 7. The van der Waals surface area contributed by atoms with Crippen LogP contribution in [0.4, 0.5) is 5.69 Å². The lowest BCUT2D eigenvalue weighted by molar-refractivity contribution is -0.118. The van der Waals surface area contributed by atoms with Gasteiger partial charge < -0.3 is 14.5 Å². The first kappa shape index (κ1) is 20.2. The summed E-state index contributed by atoms with van der Waals surface area (Å²) in [7, 11) is 0. The van der Waals surface area contributed by atoms with Crippen molar-refractivity contribution in [1.82, 2.24) is 4.90 Å². The molecule has 28 heavy (non-hydrogen) atoms. The van der Waals surface area contributed by atoms with Crippen molar-refractivity contribution in [3.05, 3.63) is 58.1 Å². The number of hydrogen-bond donors (Lipinski definition) is 1. The second-order valence-electron chi connectivity index (χ2n) is 6.44. The summed E-state index contributed by atoms with van der Waals surface area (Å²) in [5.41, 5.74) is 0.671. The summed E-state index contributed by atoms with van der Waals surface area (Å²) >= 11 is 1.92. The van der Waals surface area contributed by atoms with Crippen molar-refractivity contribution in [2.24, 2.45) is 0 Å². The van der Waals surface area contributed by atoms with Crippen LogP contribution < -0.4 is 15.5 Å². The zero-order valence-electron chi connectivity index (χ0n) is 15.6. The Balaban J connectivity index is 1.53. The number of thioether (sulfide) groups is 1. The van der Waals surface area contributed by atoms with Gasteiger partial charge in [-0.15, -0.1) is 0 Å². The summed E-state index contributed by atoms with van der Waals surface area (Å²) in [4.78, 5) is 37.9. The molecule has 1 aliphatic heterocycles. The lowest BCUT2D eigenvalue weighted by Gasteiger charge is -2.25. The number of anilines is 1. The number of carbonyl (C=O) groups is 2. The maximum atomic E-state index is 12.2. The molecule has 1 aromatic heterocycles. The third-order valence-corrected chi connectivity index (χ3v) is 5.19. The third kappa shape index (κ3) is 5.71. The average Bonchev–Trinajstić information content (AvgIpc) is 2.68. The molecule has 1 aliphatic rings. The van der Waals surface area contributed by atoms with E-state index in [9.17, 15) is 14.4 Å². The molecule has 1 amide bonds. The Bertz CT molecular complexity index is 905. The van der Waals surface area contributed by atoms with Crippen LogP contribution in [0, 0.1) is 0 Å². The Morgan fingerprint density at radius 3 is 2.75 bits per heavy atom. The Hall–Kier alpha value is -2.58. The molecule has 0 saturated carbocycles. The third-order valence-electron chi connectivity index (χ3n) is 4.25. The molecular weight excluding hydrogens is 380 g/mol. The van der Waals surface area contributed by atoms with Crippen LogP contribution in [0.5, 0.6) is 5.75 Å². The number of amides is 1. The van der Waals surface area contributed by atoms with Crippen molar-refractivity contribution >= 4 is 29.1 Å². The van der Waals surface area contributed by atoms with Gasteiger partial charge in [0.1, 0.15) is 12.0 Å². The van der Waals surface area contributed by atoms with Crippen molar-refractivity contribution in [3.63, 3.8) is 0 Å². The minimum absolute atomic E-state index is 0.00872. The van der Waals surface area contributed by atoms with E-state index in [2.05, 4.69) is 10.2 Å². The van der Waals surface area contributed by atoms with Crippen molar-refractivity contribution in [2.45, 2.75) is 13.5 Å². The molecular formula is C20H22N2O5S. The fraction of sp³-hybridized carbons (Fsp3) is 0.350. The highest BCUT2D eigenvalue weighted by Gasteiger charge is 2.14. The van der Waals surface area contributed by atoms with Gasteiger partial charge in [-0.05, 0) is 19.1 Å². The number of carbonyl (C=O) groups excluding carboxylic acids is 2. The number of ether oxygens (including phenoxy) is 1. The van der Waals surface area contributed by atoms with E-state index in [-0.39, 0.29) is 23.6 Å². The van der Waals surface area contributed by atoms with Crippen LogP contribution in [-0.2, 0) is 11.3 Å². The largest absolute Gasteiger partial charge is 0.477 e. The monoisotopic (exact) mass is 402 g/mol. The minimum atomic E-state index is -0.435. The fourth-order valence-electron chi connectivity index (χ4n) is 2.76. The van der Waals surface area contributed by atoms with Crippen LogP contribution in [0.25, 0.3) is 0 Å². The number of ketones is 1. The van der Waals surface area contributed by atoms with Crippen LogP contribution in [0.1, 0.15) is 23.0 Å². The number of nitrogens with one attached hydrogen (secondary N) is 1. The molecule has 7 nitrogen and oxygen atoms in total.